The number of carbonyl (C=O) groups is 2. The maximum absolute atomic E-state index is 13.3. The van der Waals surface area contributed by atoms with Crippen LogP contribution >= 0.6 is 11.6 Å². The van der Waals surface area contributed by atoms with Gasteiger partial charge in [-0.1, -0.05) is 11.6 Å². The molecule has 0 spiro atoms. The first-order chi connectivity index (χ1) is 8.45. The minimum Gasteiger partial charge on any atom is -0.394 e. The van der Waals surface area contributed by atoms with Crippen molar-refractivity contribution in [2.24, 2.45) is 0 Å². The molecule has 1 aromatic rings. The van der Waals surface area contributed by atoms with Crippen LogP contribution in [-0.4, -0.2) is 41.2 Å². The topological polar surface area (TPSA) is 77.8 Å². The summed E-state index contributed by atoms with van der Waals surface area (Å²) in [6, 6.07) is 2.04. The first kappa shape index (κ1) is 12.9. The van der Waals surface area contributed by atoms with Crippen molar-refractivity contribution in [3.63, 3.8) is 0 Å². The Balaban J connectivity index is 2.45. The highest BCUT2D eigenvalue weighted by molar-refractivity contribution is 6.52. The number of benzene rings is 1. The van der Waals surface area contributed by atoms with Crippen LogP contribution in [0.3, 0.4) is 0 Å². The molecule has 0 saturated carbocycles. The second-order valence-electron chi connectivity index (χ2n) is 3.86. The lowest BCUT2D eigenvalue weighted by molar-refractivity contribution is -0.114. The van der Waals surface area contributed by atoms with E-state index < -0.39 is 30.2 Å². The predicted molar refractivity (Wildman–Crippen MR) is 61.2 cm³/mol. The Morgan fingerprint density at radius 3 is 2.67 bits per heavy atom. The lowest BCUT2D eigenvalue weighted by Crippen LogP contribution is -2.38. The highest BCUT2D eigenvalue weighted by Gasteiger charge is 2.37. The highest BCUT2D eigenvalue weighted by atomic mass is 35.5. The SMILES string of the molecule is O=C1C(=O)N(CC(O)CO)c2cc(F)c(Cl)cc21. The number of Topliss-reactive ketones (excluding diaryl/α,β-unsaturated/α-hetero) is 1. The summed E-state index contributed by atoms with van der Waals surface area (Å²) >= 11 is 5.54. The molecule has 0 radical (unpaired) electrons. The molecule has 0 aliphatic carbocycles. The number of halogens is 2. The lowest BCUT2D eigenvalue weighted by atomic mass is 10.1. The summed E-state index contributed by atoms with van der Waals surface area (Å²) in [7, 11) is 0. The van der Waals surface area contributed by atoms with Gasteiger partial charge in [0.25, 0.3) is 11.7 Å². The molecular weight excluding hydrogens is 265 g/mol. The summed E-state index contributed by atoms with van der Waals surface area (Å²) in [6.45, 7) is -0.849. The van der Waals surface area contributed by atoms with E-state index in [0.717, 1.165) is 17.0 Å². The number of hydrogen-bond acceptors (Lipinski definition) is 4. The minimum atomic E-state index is -1.20. The lowest BCUT2D eigenvalue weighted by Gasteiger charge is -2.19. The van der Waals surface area contributed by atoms with Gasteiger partial charge in [-0.3, -0.25) is 9.59 Å². The maximum Gasteiger partial charge on any atom is 0.299 e. The Bertz CT molecular complexity index is 534. The van der Waals surface area contributed by atoms with Gasteiger partial charge in [-0.2, -0.15) is 0 Å². The van der Waals surface area contributed by atoms with E-state index in [1.165, 1.54) is 0 Å². The summed E-state index contributed by atoms with van der Waals surface area (Å²) in [5.41, 5.74) is 0.0518. The molecule has 7 heteroatoms. The fourth-order valence-electron chi connectivity index (χ4n) is 1.74. The highest BCUT2D eigenvalue weighted by Crippen LogP contribution is 2.33. The van der Waals surface area contributed by atoms with Crippen LogP contribution in [0.25, 0.3) is 0 Å². The van der Waals surface area contributed by atoms with E-state index in [-0.39, 0.29) is 22.8 Å². The number of rotatable bonds is 3. The van der Waals surface area contributed by atoms with E-state index in [2.05, 4.69) is 0 Å². The van der Waals surface area contributed by atoms with Gasteiger partial charge >= 0.3 is 0 Å². The molecule has 0 saturated heterocycles. The molecule has 1 aromatic carbocycles. The minimum absolute atomic E-state index is 0.00320. The van der Waals surface area contributed by atoms with Crippen molar-refractivity contribution in [1.82, 2.24) is 0 Å². The van der Waals surface area contributed by atoms with Gasteiger partial charge in [0.05, 0.1) is 35.5 Å². The molecule has 0 aromatic heterocycles. The Hall–Kier alpha value is -1.50. The van der Waals surface area contributed by atoms with Gasteiger partial charge in [-0.05, 0) is 12.1 Å². The van der Waals surface area contributed by atoms with Crippen molar-refractivity contribution in [3.05, 3.63) is 28.5 Å². The molecule has 2 N–H and O–H groups in total. The molecule has 1 amide bonds. The number of nitrogens with zero attached hydrogens (tertiary/aromatic N) is 1. The van der Waals surface area contributed by atoms with Crippen LogP contribution in [0.15, 0.2) is 12.1 Å². The largest absolute Gasteiger partial charge is 0.394 e. The third-order valence-electron chi connectivity index (χ3n) is 2.62. The summed E-state index contributed by atoms with van der Waals surface area (Å²) in [5, 5.41) is 17.8. The van der Waals surface area contributed by atoms with E-state index in [1.54, 1.807) is 0 Å². The van der Waals surface area contributed by atoms with Crippen molar-refractivity contribution in [2.75, 3.05) is 18.1 Å². The Kier molecular flexibility index (Phi) is 3.34. The number of anilines is 1. The number of fused-ring (bicyclic) bond motifs is 1. The van der Waals surface area contributed by atoms with Gasteiger partial charge in [0.15, 0.2) is 0 Å². The van der Waals surface area contributed by atoms with Crippen LogP contribution in [0.2, 0.25) is 5.02 Å². The summed E-state index contributed by atoms with van der Waals surface area (Å²) < 4.78 is 13.3. The van der Waals surface area contributed by atoms with Crippen LogP contribution in [-0.2, 0) is 4.79 Å². The van der Waals surface area contributed by atoms with Crippen LogP contribution in [0.5, 0.6) is 0 Å². The van der Waals surface area contributed by atoms with Crippen molar-refractivity contribution in [2.45, 2.75) is 6.10 Å². The second-order valence-corrected chi connectivity index (χ2v) is 4.27. The molecule has 1 atom stereocenters. The van der Waals surface area contributed by atoms with Crippen molar-refractivity contribution >= 4 is 29.0 Å². The fraction of sp³-hybridized carbons (Fsp3) is 0.273. The number of aliphatic hydroxyl groups is 2. The summed E-state index contributed by atoms with van der Waals surface area (Å²) in [5.74, 6) is -2.45. The zero-order valence-electron chi connectivity index (χ0n) is 9.06. The predicted octanol–water partition coefficient (Wildman–Crippen LogP) is 0.362. The Morgan fingerprint density at radius 1 is 1.39 bits per heavy atom. The number of aliphatic hydroxyl groups excluding tert-OH is 2. The summed E-state index contributed by atoms with van der Waals surface area (Å²) in [4.78, 5) is 24.2. The molecule has 0 fully saturated rings. The van der Waals surface area contributed by atoms with Gasteiger partial charge in [-0.25, -0.2) is 4.39 Å². The molecule has 0 bridgehead atoms. The quantitative estimate of drug-likeness (QED) is 0.780. The van der Waals surface area contributed by atoms with E-state index in [0.29, 0.717) is 0 Å². The number of amides is 1. The molecule has 1 aliphatic heterocycles. The standard InChI is InChI=1S/C11H9ClFNO4/c12-7-1-6-9(2-8(7)13)14(3-5(16)4-15)11(18)10(6)17/h1-2,5,15-16H,3-4H2. The average Bonchev–Trinajstić information content (AvgIpc) is 2.56. The molecule has 2 rings (SSSR count). The maximum atomic E-state index is 13.3. The fourth-order valence-corrected chi connectivity index (χ4v) is 1.90. The zero-order valence-corrected chi connectivity index (χ0v) is 9.82. The third-order valence-corrected chi connectivity index (χ3v) is 2.91. The monoisotopic (exact) mass is 273 g/mol. The first-order valence-corrected chi connectivity index (χ1v) is 5.47. The molecule has 1 aliphatic rings. The van der Waals surface area contributed by atoms with Crippen LogP contribution in [0.1, 0.15) is 10.4 Å². The number of hydrogen-bond donors (Lipinski definition) is 2. The van der Waals surface area contributed by atoms with Gasteiger partial charge < -0.3 is 15.1 Å². The van der Waals surface area contributed by atoms with Crippen molar-refractivity contribution < 1.29 is 24.2 Å². The van der Waals surface area contributed by atoms with Gasteiger partial charge in [0, 0.05) is 0 Å². The van der Waals surface area contributed by atoms with Crippen molar-refractivity contribution in [1.29, 1.82) is 0 Å². The molecule has 1 unspecified atom stereocenters. The van der Waals surface area contributed by atoms with Crippen LogP contribution in [0.4, 0.5) is 10.1 Å². The Morgan fingerprint density at radius 2 is 2.06 bits per heavy atom. The van der Waals surface area contributed by atoms with E-state index in [4.69, 9.17) is 16.7 Å². The number of ketones is 1. The normalized spacial score (nSPS) is 16.1. The number of β-amino-alcohol motifs (C(OH)–C–C–N with tert-alkyl or cyclic N) is 1. The summed E-state index contributed by atoms with van der Waals surface area (Å²) in [6.07, 6.45) is -1.20. The second kappa shape index (κ2) is 4.64. The number of carbonyl (C=O) groups excluding carboxylic acids is 2. The van der Waals surface area contributed by atoms with Crippen LogP contribution in [0, 0.1) is 5.82 Å². The van der Waals surface area contributed by atoms with Gasteiger partial charge in [-0.15, -0.1) is 0 Å². The van der Waals surface area contributed by atoms with Crippen LogP contribution < -0.4 is 4.90 Å². The zero-order chi connectivity index (χ0) is 13.4. The first-order valence-electron chi connectivity index (χ1n) is 5.10. The van der Waals surface area contributed by atoms with Gasteiger partial charge in [0.2, 0.25) is 0 Å². The van der Waals surface area contributed by atoms with Crippen molar-refractivity contribution in [3.8, 4) is 0 Å². The van der Waals surface area contributed by atoms with Gasteiger partial charge in [0.1, 0.15) is 5.82 Å². The molecule has 18 heavy (non-hydrogen) atoms. The molecule has 1 heterocycles. The Labute approximate surface area is 106 Å². The van der Waals surface area contributed by atoms with E-state index in [9.17, 15) is 19.1 Å². The molecular formula is C11H9ClFNO4. The van der Waals surface area contributed by atoms with E-state index in [1.807, 2.05) is 0 Å². The smallest absolute Gasteiger partial charge is 0.299 e. The molecule has 96 valence electrons. The average molecular weight is 274 g/mol. The molecule has 5 nitrogen and oxygen atoms in total. The van der Waals surface area contributed by atoms with E-state index >= 15 is 0 Å². The third kappa shape index (κ3) is 1.98.